The molecular weight excluding hydrogens is 216 g/mol. The van der Waals surface area contributed by atoms with Gasteiger partial charge in [0.1, 0.15) is 5.69 Å². The summed E-state index contributed by atoms with van der Waals surface area (Å²) in [5.74, 6) is 0.164. The average molecular weight is 230 g/mol. The van der Waals surface area contributed by atoms with Crippen LogP contribution in [0.3, 0.4) is 0 Å². The van der Waals surface area contributed by atoms with Crippen LogP contribution in [0.2, 0.25) is 0 Å². The Morgan fingerprint density at radius 3 is 2.88 bits per heavy atom. The van der Waals surface area contributed by atoms with Crippen LogP contribution in [0, 0.1) is 0 Å². The zero-order valence-corrected chi connectivity index (χ0v) is 9.77. The van der Waals surface area contributed by atoms with Crippen LogP contribution in [0.5, 0.6) is 0 Å². The van der Waals surface area contributed by atoms with Gasteiger partial charge in [0.05, 0.1) is 11.9 Å². The third-order valence-corrected chi connectivity index (χ3v) is 2.43. The highest BCUT2D eigenvalue weighted by atomic mass is 16.1. The summed E-state index contributed by atoms with van der Waals surface area (Å²) in [6.45, 7) is 4.16. The Morgan fingerprint density at radius 1 is 1.41 bits per heavy atom. The SMILES string of the molecule is CC(C)c1cncc(NC(=O)c2ccn[nH]2)c1. The minimum atomic E-state index is -0.217. The van der Waals surface area contributed by atoms with Gasteiger partial charge in [0.2, 0.25) is 0 Å². The molecule has 2 aromatic heterocycles. The van der Waals surface area contributed by atoms with Crippen molar-refractivity contribution in [1.29, 1.82) is 0 Å². The van der Waals surface area contributed by atoms with Gasteiger partial charge in [0.15, 0.2) is 0 Å². The van der Waals surface area contributed by atoms with Gasteiger partial charge in [-0.05, 0) is 23.6 Å². The molecule has 2 N–H and O–H groups in total. The van der Waals surface area contributed by atoms with Crippen molar-refractivity contribution >= 4 is 11.6 Å². The van der Waals surface area contributed by atoms with Gasteiger partial charge < -0.3 is 5.32 Å². The summed E-state index contributed by atoms with van der Waals surface area (Å²) in [5.41, 5.74) is 2.21. The Balaban J connectivity index is 2.14. The van der Waals surface area contributed by atoms with Crippen LogP contribution in [0.4, 0.5) is 5.69 Å². The predicted octanol–water partition coefficient (Wildman–Crippen LogP) is 2.18. The molecule has 0 radical (unpaired) electrons. The number of hydrogen-bond acceptors (Lipinski definition) is 3. The molecule has 0 saturated heterocycles. The van der Waals surface area contributed by atoms with Crippen molar-refractivity contribution in [1.82, 2.24) is 15.2 Å². The Kier molecular flexibility index (Phi) is 3.18. The van der Waals surface area contributed by atoms with Crippen molar-refractivity contribution in [3.8, 4) is 0 Å². The zero-order chi connectivity index (χ0) is 12.3. The molecule has 5 heteroatoms. The van der Waals surface area contributed by atoms with Gasteiger partial charge >= 0.3 is 0 Å². The van der Waals surface area contributed by atoms with Gasteiger partial charge in [0.25, 0.3) is 5.91 Å². The van der Waals surface area contributed by atoms with E-state index < -0.39 is 0 Å². The summed E-state index contributed by atoms with van der Waals surface area (Å²) >= 11 is 0. The molecule has 2 rings (SSSR count). The van der Waals surface area contributed by atoms with E-state index in [1.54, 1.807) is 18.5 Å². The first-order chi connectivity index (χ1) is 8.16. The van der Waals surface area contributed by atoms with Crippen LogP contribution < -0.4 is 5.32 Å². The zero-order valence-electron chi connectivity index (χ0n) is 9.77. The molecule has 1 amide bonds. The minimum Gasteiger partial charge on any atom is -0.319 e. The van der Waals surface area contributed by atoms with Crippen molar-refractivity contribution in [2.24, 2.45) is 0 Å². The molecule has 0 aliphatic heterocycles. The van der Waals surface area contributed by atoms with E-state index in [-0.39, 0.29) is 5.91 Å². The Morgan fingerprint density at radius 2 is 2.24 bits per heavy atom. The molecule has 0 unspecified atom stereocenters. The number of pyridine rings is 1. The molecule has 88 valence electrons. The maximum Gasteiger partial charge on any atom is 0.273 e. The molecule has 0 bridgehead atoms. The van der Waals surface area contributed by atoms with Gasteiger partial charge in [-0.2, -0.15) is 5.10 Å². The lowest BCUT2D eigenvalue weighted by Crippen LogP contribution is -2.12. The summed E-state index contributed by atoms with van der Waals surface area (Å²) in [6.07, 6.45) is 4.97. The fourth-order valence-electron chi connectivity index (χ4n) is 1.42. The Hall–Kier alpha value is -2.17. The van der Waals surface area contributed by atoms with Crippen LogP contribution in [0.1, 0.15) is 35.8 Å². The lowest BCUT2D eigenvalue weighted by Gasteiger charge is -2.08. The third-order valence-electron chi connectivity index (χ3n) is 2.43. The third kappa shape index (κ3) is 2.69. The predicted molar refractivity (Wildman–Crippen MR) is 64.9 cm³/mol. The van der Waals surface area contributed by atoms with E-state index in [1.165, 1.54) is 6.20 Å². The lowest BCUT2D eigenvalue weighted by atomic mass is 10.1. The van der Waals surface area contributed by atoms with Crippen LogP contribution in [0.15, 0.2) is 30.7 Å². The first kappa shape index (κ1) is 11.3. The van der Waals surface area contributed by atoms with Crippen molar-refractivity contribution in [3.63, 3.8) is 0 Å². The van der Waals surface area contributed by atoms with Gasteiger partial charge in [-0.3, -0.25) is 14.9 Å². The van der Waals surface area contributed by atoms with Gasteiger partial charge in [0, 0.05) is 12.4 Å². The summed E-state index contributed by atoms with van der Waals surface area (Å²) in [4.78, 5) is 15.8. The molecule has 0 saturated carbocycles. The van der Waals surface area contributed by atoms with E-state index >= 15 is 0 Å². The highest BCUT2D eigenvalue weighted by Gasteiger charge is 2.08. The number of carbonyl (C=O) groups is 1. The monoisotopic (exact) mass is 230 g/mol. The normalized spacial score (nSPS) is 10.5. The molecule has 0 fully saturated rings. The number of anilines is 1. The van der Waals surface area contributed by atoms with Crippen molar-refractivity contribution < 1.29 is 4.79 Å². The molecular formula is C12H14N4O. The fraction of sp³-hybridized carbons (Fsp3) is 0.250. The topological polar surface area (TPSA) is 70.7 Å². The standard InChI is InChI=1S/C12H14N4O/c1-8(2)9-5-10(7-13-6-9)15-12(17)11-3-4-14-16-11/h3-8H,1-2H3,(H,14,16)(H,15,17). The van der Waals surface area contributed by atoms with Crippen molar-refractivity contribution in [2.75, 3.05) is 5.32 Å². The molecule has 0 aromatic carbocycles. The minimum absolute atomic E-state index is 0.217. The average Bonchev–Trinajstić information content (AvgIpc) is 2.82. The second-order valence-electron chi connectivity index (χ2n) is 4.09. The quantitative estimate of drug-likeness (QED) is 0.849. The summed E-state index contributed by atoms with van der Waals surface area (Å²) in [5, 5.41) is 9.11. The van der Waals surface area contributed by atoms with E-state index in [9.17, 15) is 4.79 Å². The Bertz CT molecular complexity index is 505. The highest BCUT2D eigenvalue weighted by molar-refractivity contribution is 6.02. The number of H-pyrrole nitrogens is 1. The number of aromatic amines is 1. The number of hydrogen-bond donors (Lipinski definition) is 2. The number of nitrogens with one attached hydrogen (secondary N) is 2. The summed E-state index contributed by atoms with van der Waals surface area (Å²) < 4.78 is 0. The second-order valence-corrected chi connectivity index (χ2v) is 4.09. The maximum atomic E-state index is 11.7. The van der Waals surface area contributed by atoms with E-state index in [4.69, 9.17) is 0 Å². The highest BCUT2D eigenvalue weighted by Crippen LogP contribution is 2.17. The van der Waals surface area contributed by atoms with Crippen molar-refractivity contribution in [3.05, 3.63) is 42.0 Å². The van der Waals surface area contributed by atoms with Crippen molar-refractivity contribution in [2.45, 2.75) is 19.8 Å². The fourth-order valence-corrected chi connectivity index (χ4v) is 1.42. The van der Waals surface area contributed by atoms with E-state index in [0.29, 0.717) is 17.3 Å². The van der Waals surface area contributed by atoms with Gasteiger partial charge in [-0.25, -0.2) is 0 Å². The second kappa shape index (κ2) is 4.78. The van der Waals surface area contributed by atoms with Gasteiger partial charge in [-0.15, -0.1) is 0 Å². The van der Waals surface area contributed by atoms with Gasteiger partial charge in [-0.1, -0.05) is 13.8 Å². The van der Waals surface area contributed by atoms with E-state index in [2.05, 4.69) is 34.3 Å². The largest absolute Gasteiger partial charge is 0.319 e. The van der Waals surface area contributed by atoms with E-state index in [1.807, 2.05) is 6.07 Å². The maximum absolute atomic E-state index is 11.7. The molecule has 0 spiro atoms. The van der Waals surface area contributed by atoms with Crippen LogP contribution >= 0.6 is 0 Å². The van der Waals surface area contributed by atoms with E-state index in [0.717, 1.165) is 5.56 Å². The van der Waals surface area contributed by atoms with Crippen LogP contribution in [-0.2, 0) is 0 Å². The molecule has 17 heavy (non-hydrogen) atoms. The summed E-state index contributed by atoms with van der Waals surface area (Å²) in [7, 11) is 0. The Labute approximate surface area is 99.3 Å². The molecule has 5 nitrogen and oxygen atoms in total. The number of carbonyl (C=O) groups excluding carboxylic acids is 1. The molecule has 2 aromatic rings. The first-order valence-electron chi connectivity index (χ1n) is 5.42. The first-order valence-corrected chi connectivity index (χ1v) is 5.42. The smallest absolute Gasteiger partial charge is 0.273 e. The number of aromatic nitrogens is 3. The van der Waals surface area contributed by atoms with Crippen LogP contribution in [-0.4, -0.2) is 21.1 Å². The number of amides is 1. The molecule has 0 aliphatic carbocycles. The molecule has 2 heterocycles. The molecule has 0 aliphatic rings. The number of nitrogens with zero attached hydrogens (tertiary/aromatic N) is 2. The number of rotatable bonds is 3. The lowest BCUT2D eigenvalue weighted by molar-refractivity contribution is 0.102. The summed E-state index contributed by atoms with van der Waals surface area (Å²) in [6, 6.07) is 3.54. The molecule has 0 atom stereocenters. The van der Waals surface area contributed by atoms with Crippen LogP contribution in [0.25, 0.3) is 0 Å².